The van der Waals surface area contributed by atoms with Crippen LogP contribution in [0.5, 0.6) is 11.5 Å². The Labute approximate surface area is 491 Å². The summed E-state index contributed by atoms with van der Waals surface area (Å²) in [5.74, 6) is 0.436. The molecule has 0 aromatic heterocycles. The number of likely N-dealkylation sites (N-methyl/N-ethyl adjacent to an activating group) is 4. The van der Waals surface area contributed by atoms with E-state index in [0.717, 1.165) is 74.6 Å². The summed E-state index contributed by atoms with van der Waals surface area (Å²) >= 11 is 0. The van der Waals surface area contributed by atoms with Crippen LogP contribution in [0.25, 0.3) is 9.30 Å². The van der Waals surface area contributed by atoms with Gasteiger partial charge in [-0.25, -0.2) is 0 Å². The molecule has 0 spiro atoms. The number of hydrogen-bond donors (Lipinski definition) is 0. The predicted molar refractivity (Wildman–Crippen MR) is 331 cm³/mol. The summed E-state index contributed by atoms with van der Waals surface area (Å²) in [5, 5.41) is 26.5. The van der Waals surface area contributed by atoms with Crippen LogP contribution in [0.15, 0.2) is 24.3 Å². The monoisotopic (exact) mass is 1200 g/mol. The molecule has 10 nitrogen and oxygen atoms in total. The van der Waals surface area contributed by atoms with Crippen molar-refractivity contribution >= 4 is 32.9 Å². The first-order chi connectivity index (χ1) is 31.8. The summed E-state index contributed by atoms with van der Waals surface area (Å²) in [6.07, 6.45) is 0. The molecule has 0 N–H and O–H groups in total. The van der Waals surface area contributed by atoms with Gasteiger partial charge in [-0.1, -0.05) is 219 Å². The Kier molecular flexibility index (Phi) is 36.4. The van der Waals surface area contributed by atoms with E-state index < -0.39 is 32.9 Å². The maximum absolute atomic E-state index is 13.3. The second kappa shape index (κ2) is 33.6. The van der Waals surface area contributed by atoms with Crippen LogP contribution in [-0.2, 0) is 73.7 Å². The van der Waals surface area contributed by atoms with E-state index in [1.165, 1.54) is 11.1 Å². The zero-order chi connectivity index (χ0) is 57.4. The number of benzene rings is 2. The van der Waals surface area contributed by atoms with E-state index >= 15 is 0 Å². The van der Waals surface area contributed by atoms with Gasteiger partial charge in [-0.15, -0.1) is 11.5 Å². The minimum Gasteiger partial charge on any atom is -0.872 e. The Balaban J connectivity index is -0.000000488. The zero-order valence-corrected chi connectivity index (χ0v) is 65.1. The summed E-state index contributed by atoms with van der Waals surface area (Å²) in [7, 11) is 12.4. The Morgan fingerprint density at radius 1 is 0.351 bits per heavy atom. The van der Waals surface area contributed by atoms with Crippen molar-refractivity contribution < 1.29 is 49.2 Å². The van der Waals surface area contributed by atoms with Crippen LogP contribution in [-0.4, -0.2) is 171 Å². The number of nitrogens with zero attached hydrogens (tertiary/aromatic N) is 8. The van der Waals surface area contributed by atoms with Gasteiger partial charge in [0.2, 0.25) is 0 Å². The van der Waals surface area contributed by atoms with Crippen LogP contribution in [0.2, 0.25) is 78.6 Å². The second-order valence-electron chi connectivity index (χ2n) is 29.7. The van der Waals surface area contributed by atoms with Gasteiger partial charge in [0.25, 0.3) is 0 Å². The molecule has 0 saturated carbocycles. The topological polar surface area (TPSA) is 93.8 Å². The molecule has 0 fully saturated rings. The molecule has 0 bridgehead atoms. The first kappa shape index (κ1) is 80.3. The Morgan fingerprint density at radius 2 is 0.554 bits per heavy atom. The van der Waals surface area contributed by atoms with Crippen molar-refractivity contribution in [3.8, 4) is 11.5 Å². The molecule has 16 heteroatoms. The van der Waals surface area contributed by atoms with Crippen LogP contribution >= 0.6 is 0 Å². The van der Waals surface area contributed by atoms with Crippen molar-refractivity contribution in [2.75, 3.05) is 109 Å². The molecule has 0 unspecified atom stereocenters. The second-order valence-corrected chi connectivity index (χ2v) is 48.9. The van der Waals surface area contributed by atoms with Gasteiger partial charge in [0.05, 0.1) is 0 Å². The fourth-order valence-electron chi connectivity index (χ4n) is 7.99. The van der Waals surface area contributed by atoms with Gasteiger partial charge < -0.3 is 39.1 Å². The first-order valence-corrected chi connectivity index (χ1v) is 40.8. The van der Waals surface area contributed by atoms with Crippen molar-refractivity contribution in [3.63, 3.8) is 0 Å². The van der Waals surface area contributed by atoms with Gasteiger partial charge in [-0.2, -0.15) is 0 Å². The van der Waals surface area contributed by atoms with Crippen LogP contribution in [0.4, 0.5) is 0 Å². The smallest absolute Gasteiger partial charge is 0.872 e. The number of hydrogen-bond acceptors (Lipinski definition) is 8. The zero-order valence-electron chi connectivity index (χ0n) is 55.2. The first-order valence-electron chi connectivity index (χ1n) is 27.1. The van der Waals surface area contributed by atoms with E-state index in [1.54, 1.807) is 0 Å². The molecule has 0 radical (unpaired) electrons. The molecule has 0 aliphatic carbocycles. The predicted octanol–water partition coefficient (Wildman–Crippen LogP) is 12.6. The van der Waals surface area contributed by atoms with E-state index in [-0.39, 0.29) is 72.1 Å². The summed E-state index contributed by atoms with van der Waals surface area (Å²) < 4.78 is 9.64. The third-order valence-electron chi connectivity index (χ3n) is 11.3. The third-order valence-corrected chi connectivity index (χ3v) is 22.0. The molecule has 0 aliphatic rings. The molecular formula is C58H120N8O2Si4Zn2. The molecule has 0 aliphatic heterocycles. The maximum atomic E-state index is 13.3. The van der Waals surface area contributed by atoms with E-state index in [9.17, 15) is 10.2 Å². The SMILES string of the molecule is CN(C)CCN(CCN(C)C)Cc1cc(C(C)(C)C)cc(C(C)(C)C)c1[O-].CN(C)CCN(CCN(C)C)Cc1cc(C(C)(C)C)cc(C(C)(C)C)c1[O-].C[Si](C)(C)[N-][Si](C)(C)C.C[Si](C)(C)[N-][Si](C)(C)C.[Zn+2].[Zn+2]. The Morgan fingerprint density at radius 3 is 0.689 bits per heavy atom. The van der Waals surface area contributed by atoms with Crippen molar-refractivity contribution in [1.82, 2.24) is 29.4 Å². The molecule has 2 aromatic rings. The van der Waals surface area contributed by atoms with Gasteiger partial charge in [0, 0.05) is 65.4 Å². The maximum Gasteiger partial charge on any atom is 2.00 e. The minimum atomic E-state index is -1.11. The van der Waals surface area contributed by atoms with Gasteiger partial charge in [-0.05, 0) is 111 Å². The fourth-order valence-corrected chi connectivity index (χ4v) is 24.1. The fraction of sp³-hybridized carbons (Fsp3) is 0.793. The van der Waals surface area contributed by atoms with Crippen LogP contribution in [0, 0.1) is 0 Å². The largest absolute Gasteiger partial charge is 2.00 e. The average molecular weight is 1200 g/mol. The minimum absolute atomic E-state index is 0. The molecule has 424 valence electrons. The van der Waals surface area contributed by atoms with Crippen molar-refractivity contribution in [1.29, 1.82) is 0 Å². The normalized spacial score (nSPS) is 13.1. The Bertz CT molecular complexity index is 1660. The van der Waals surface area contributed by atoms with Gasteiger partial charge in [-0.3, -0.25) is 9.80 Å². The molecule has 0 saturated heterocycles. The van der Waals surface area contributed by atoms with E-state index in [2.05, 4.69) is 272 Å². The van der Waals surface area contributed by atoms with Crippen molar-refractivity contribution in [3.05, 3.63) is 66.9 Å². The Hall–Kier alpha value is -0.166. The summed E-state index contributed by atoms with van der Waals surface area (Å²) in [6.45, 7) is 63.0. The standard InChI is InChI=1S/2C23H43N3O.2C6H18NSi2.2Zn/c2*1-22(2,3)19-15-18(21(27)20(16-19)23(4,5)6)17-26(13-11-24(7)8)14-12-25(9)10;2*1-8(2,3)7-9(4,5)6;;/h2*15-16,27H,11-14,17H2,1-10H3;2*1-6H3;;/q;;2*-1;2*+2/p-2. The molecule has 0 heterocycles. The van der Waals surface area contributed by atoms with E-state index in [0.29, 0.717) is 13.1 Å². The van der Waals surface area contributed by atoms with Gasteiger partial charge in [0.1, 0.15) is 0 Å². The van der Waals surface area contributed by atoms with Gasteiger partial charge >= 0.3 is 39.0 Å². The number of rotatable bonds is 20. The van der Waals surface area contributed by atoms with Crippen molar-refractivity contribution in [2.24, 2.45) is 0 Å². The van der Waals surface area contributed by atoms with Crippen LogP contribution in [0.1, 0.15) is 116 Å². The quantitative estimate of drug-likeness (QED) is 0.121. The summed E-state index contributed by atoms with van der Waals surface area (Å²) in [4.78, 5) is 13.6. The summed E-state index contributed by atoms with van der Waals surface area (Å²) in [5.41, 5.74) is 6.01. The molecule has 2 rings (SSSR count). The van der Waals surface area contributed by atoms with E-state index in [1.807, 2.05) is 0 Å². The summed E-state index contributed by atoms with van der Waals surface area (Å²) in [6, 6.07) is 8.57. The van der Waals surface area contributed by atoms with Crippen LogP contribution in [0.3, 0.4) is 0 Å². The van der Waals surface area contributed by atoms with Gasteiger partial charge in [0.15, 0.2) is 0 Å². The molecule has 2 aromatic carbocycles. The third kappa shape index (κ3) is 39.2. The van der Waals surface area contributed by atoms with E-state index in [4.69, 9.17) is 9.30 Å². The molecule has 0 atom stereocenters. The van der Waals surface area contributed by atoms with Crippen LogP contribution < -0.4 is 10.2 Å². The molecule has 0 amide bonds. The average Bonchev–Trinajstić information content (AvgIpc) is 3.10. The molecule has 74 heavy (non-hydrogen) atoms. The molecular weight excluding hydrogens is 1080 g/mol. The van der Waals surface area contributed by atoms with Crippen molar-refractivity contribution in [2.45, 2.75) is 196 Å².